The van der Waals surface area contributed by atoms with Gasteiger partial charge in [-0.1, -0.05) is 20.3 Å². The van der Waals surface area contributed by atoms with Crippen molar-refractivity contribution in [2.45, 2.75) is 45.3 Å². The molecule has 0 aromatic heterocycles. The number of nitrogens with one attached hydrogen (secondary N) is 1. The summed E-state index contributed by atoms with van der Waals surface area (Å²) in [5, 5.41) is 0. The second-order valence-electron chi connectivity index (χ2n) is 5.43. The van der Waals surface area contributed by atoms with Crippen LogP contribution in [0.2, 0.25) is 0 Å². The van der Waals surface area contributed by atoms with Crippen LogP contribution < -0.4 is 11.3 Å². The van der Waals surface area contributed by atoms with Crippen molar-refractivity contribution >= 4 is 0 Å². The van der Waals surface area contributed by atoms with E-state index in [-0.39, 0.29) is 12.6 Å². The van der Waals surface area contributed by atoms with Gasteiger partial charge in [0, 0.05) is 6.04 Å². The number of halogens is 3. The molecule has 1 saturated carbocycles. The van der Waals surface area contributed by atoms with Crippen LogP contribution in [0.3, 0.4) is 0 Å². The van der Waals surface area contributed by atoms with Gasteiger partial charge in [-0.25, -0.2) is 0 Å². The molecule has 6 heteroatoms. The Bertz CT molecular complexity index is 248. The van der Waals surface area contributed by atoms with Crippen molar-refractivity contribution < 1.29 is 17.9 Å². The molecule has 1 aliphatic carbocycles. The minimum Gasteiger partial charge on any atom is -0.370 e. The number of hydrazine groups is 1. The van der Waals surface area contributed by atoms with Gasteiger partial charge in [0.05, 0.1) is 6.61 Å². The monoisotopic (exact) mass is 268 g/mol. The second kappa shape index (κ2) is 6.73. The Hall–Kier alpha value is -0.330. The Labute approximate surface area is 106 Å². The van der Waals surface area contributed by atoms with Crippen molar-refractivity contribution in [3.63, 3.8) is 0 Å². The van der Waals surface area contributed by atoms with E-state index in [2.05, 4.69) is 19.3 Å². The lowest BCUT2D eigenvalue weighted by Gasteiger charge is -2.36. The molecule has 0 amide bonds. The zero-order valence-corrected chi connectivity index (χ0v) is 11.0. The van der Waals surface area contributed by atoms with Crippen LogP contribution in [0.25, 0.3) is 0 Å². The fraction of sp³-hybridized carbons (Fsp3) is 1.00. The summed E-state index contributed by atoms with van der Waals surface area (Å²) in [5.41, 5.74) is 2.60. The van der Waals surface area contributed by atoms with Gasteiger partial charge in [0.2, 0.25) is 0 Å². The molecule has 3 N–H and O–H groups in total. The molecule has 4 unspecified atom stereocenters. The SMILES string of the molecule is CC1CCC(C(COCC(F)(F)F)NN)CC1C. The summed E-state index contributed by atoms with van der Waals surface area (Å²) < 4.78 is 40.7. The van der Waals surface area contributed by atoms with E-state index < -0.39 is 12.8 Å². The predicted octanol–water partition coefficient (Wildman–Crippen LogP) is 2.47. The Balaban J connectivity index is 2.37. The Morgan fingerprint density at radius 2 is 1.94 bits per heavy atom. The number of ether oxygens (including phenoxy) is 1. The largest absolute Gasteiger partial charge is 0.411 e. The number of nitrogens with two attached hydrogens (primary N) is 1. The van der Waals surface area contributed by atoms with Gasteiger partial charge in [0.15, 0.2) is 0 Å². The van der Waals surface area contributed by atoms with Gasteiger partial charge in [-0.3, -0.25) is 11.3 Å². The highest BCUT2D eigenvalue weighted by Gasteiger charge is 2.32. The maximum absolute atomic E-state index is 12.0. The third kappa shape index (κ3) is 5.12. The van der Waals surface area contributed by atoms with Crippen LogP contribution in [0.4, 0.5) is 13.2 Å². The Morgan fingerprint density at radius 1 is 1.28 bits per heavy atom. The standard InChI is InChI=1S/C12H23F3N2O/c1-8-3-4-10(5-9(8)2)11(17-16)6-18-7-12(13,14)15/h8-11,17H,3-7,16H2,1-2H3. The molecule has 0 aliphatic heterocycles. The third-order valence-electron chi connectivity index (χ3n) is 3.98. The van der Waals surface area contributed by atoms with Crippen LogP contribution in [0, 0.1) is 17.8 Å². The lowest BCUT2D eigenvalue weighted by Crippen LogP contribution is -2.46. The first-order chi connectivity index (χ1) is 8.33. The topological polar surface area (TPSA) is 47.3 Å². The highest BCUT2D eigenvalue weighted by Crippen LogP contribution is 2.35. The molecule has 18 heavy (non-hydrogen) atoms. The lowest BCUT2D eigenvalue weighted by atomic mass is 9.73. The van der Waals surface area contributed by atoms with Crippen molar-refractivity contribution in [3.05, 3.63) is 0 Å². The summed E-state index contributed by atoms with van der Waals surface area (Å²) in [6.07, 6.45) is -1.18. The van der Waals surface area contributed by atoms with Gasteiger partial charge < -0.3 is 4.74 Å². The van der Waals surface area contributed by atoms with Crippen LogP contribution >= 0.6 is 0 Å². The van der Waals surface area contributed by atoms with Gasteiger partial charge in [-0.15, -0.1) is 0 Å². The van der Waals surface area contributed by atoms with E-state index >= 15 is 0 Å². The van der Waals surface area contributed by atoms with E-state index in [0.717, 1.165) is 19.3 Å². The molecular formula is C12H23F3N2O. The number of hydrogen-bond donors (Lipinski definition) is 2. The van der Waals surface area contributed by atoms with E-state index in [0.29, 0.717) is 17.8 Å². The van der Waals surface area contributed by atoms with Gasteiger partial charge in [-0.05, 0) is 30.6 Å². The first-order valence-corrected chi connectivity index (χ1v) is 6.44. The highest BCUT2D eigenvalue weighted by atomic mass is 19.4. The summed E-state index contributed by atoms with van der Waals surface area (Å²) in [4.78, 5) is 0. The molecule has 3 nitrogen and oxygen atoms in total. The smallest absolute Gasteiger partial charge is 0.370 e. The lowest BCUT2D eigenvalue weighted by molar-refractivity contribution is -0.176. The quantitative estimate of drug-likeness (QED) is 0.595. The Morgan fingerprint density at radius 3 is 2.44 bits per heavy atom. The molecule has 0 saturated heterocycles. The van der Waals surface area contributed by atoms with Gasteiger partial charge in [0.1, 0.15) is 6.61 Å². The molecule has 0 radical (unpaired) electrons. The minimum absolute atomic E-state index is 0.0157. The molecule has 108 valence electrons. The summed E-state index contributed by atoms with van der Waals surface area (Å²) in [7, 11) is 0. The van der Waals surface area contributed by atoms with Crippen molar-refractivity contribution in [3.8, 4) is 0 Å². The van der Waals surface area contributed by atoms with Crippen LogP contribution in [0.5, 0.6) is 0 Å². The minimum atomic E-state index is -4.27. The van der Waals surface area contributed by atoms with Gasteiger partial charge >= 0.3 is 6.18 Å². The van der Waals surface area contributed by atoms with Crippen LogP contribution in [-0.4, -0.2) is 25.4 Å². The molecule has 1 fully saturated rings. The molecule has 4 atom stereocenters. The fourth-order valence-electron chi connectivity index (χ4n) is 2.58. The first-order valence-electron chi connectivity index (χ1n) is 6.44. The summed E-state index contributed by atoms with van der Waals surface area (Å²) >= 11 is 0. The van der Waals surface area contributed by atoms with E-state index in [4.69, 9.17) is 10.6 Å². The van der Waals surface area contributed by atoms with Crippen molar-refractivity contribution in [1.29, 1.82) is 0 Å². The fourth-order valence-corrected chi connectivity index (χ4v) is 2.58. The Kier molecular flexibility index (Phi) is 5.88. The molecule has 0 aromatic carbocycles. The van der Waals surface area contributed by atoms with Crippen LogP contribution in [0.1, 0.15) is 33.1 Å². The van der Waals surface area contributed by atoms with E-state index in [9.17, 15) is 13.2 Å². The highest BCUT2D eigenvalue weighted by molar-refractivity contribution is 4.82. The van der Waals surface area contributed by atoms with Gasteiger partial charge in [0.25, 0.3) is 0 Å². The zero-order chi connectivity index (χ0) is 13.8. The average Bonchev–Trinajstić information content (AvgIpc) is 2.27. The second-order valence-corrected chi connectivity index (χ2v) is 5.43. The zero-order valence-electron chi connectivity index (χ0n) is 11.0. The van der Waals surface area contributed by atoms with E-state index in [1.165, 1.54) is 0 Å². The maximum atomic E-state index is 12.0. The third-order valence-corrected chi connectivity index (χ3v) is 3.98. The van der Waals surface area contributed by atoms with Crippen LogP contribution in [0.15, 0.2) is 0 Å². The first kappa shape index (κ1) is 15.7. The normalized spacial score (nSPS) is 31.3. The molecule has 0 aromatic rings. The summed E-state index contributed by atoms with van der Waals surface area (Å²) in [6, 6.07) is -0.192. The van der Waals surface area contributed by atoms with Crippen molar-refractivity contribution in [2.24, 2.45) is 23.6 Å². The van der Waals surface area contributed by atoms with Crippen molar-refractivity contribution in [2.75, 3.05) is 13.2 Å². The molecule has 0 spiro atoms. The average molecular weight is 268 g/mol. The van der Waals surface area contributed by atoms with Gasteiger partial charge in [-0.2, -0.15) is 13.2 Å². The molecule has 0 bridgehead atoms. The van der Waals surface area contributed by atoms with Crippen molar-refractivity contribution in [1.82, 2.24) is 5.43 Å². The van der Waals surface area contributed by atoms with E-state index in [1.807, 2.05) is 0 Å². The molecule has 1 rings (SSSR count). The van der Waals surface area contributed by atoms with Crippen LogP contribution in [-0.2, 0) is 4.74 Å². The number of hydrogen-bond acceptors (Lipinski definition) is 3. The maximum Gasteiger partial charge on any atom is 0.411 e. The number of alkyl halides is 3. The predicted molar refractivity (Wildman–Crippen MR) is 63.7 cm³/mol. The molecular weight excluding hydrogens is 245 g/mol. The summed E-state index contributed by atoms with van der Waals surface area (Å²) in [5.74, 6) is 6.98. The number of rotatable bonds is 5. The van der Waals surface area contributed by atoms with E-state index in [1.54, 1.807) is 0 Å². The molecule has 0 heterocycles. The molecule has 1 aliphatic rings. The summed E-state index contributed by atoms with van der Waals surface area (Å²) in [6.45, 7) is 3.21.